The molecule has 0 saturated heterocycles. The van der Waals surface area contributed by atoms with Crippen LogP contribution >= 0.6 is 15.9 Å². The zero-order valence-electron chi connectivity index (χ0n) is 7.07. The fourth-order valence-electron chi connectivity index (χ4n) is 1.30. The van der Waals surface area contributed by atoms with Crippen molar-refractivity contribution >= 4 is 37.8 Å². The summed E-state index contributed by atoms with van der Waals surface area (Å²) < 4.78 is 22.4. The zero-order chi connectivity index (χ0) is 10.1. The fraction of sp³-hybridized carbons (Fsp3) is 0. The fourth-order valence-corrected chi connectivity index (χ4v) is 2.08. The normalized spacial score (nSPS) is 13.0. The number of fused-ring (bicyclic) bond motifs is 1. The molecule has 0 aliphatic rings. The second-order valence-electron chi connectivity index (χ2n) is 2.89. The molecule has 14 heavy (non-hydrogen) atoms. The van der Waals surface area contributed by atoms with Crippen molar-refractivity contribution in [3.8, 4) is 0 Å². The van der Waals surface area contributed by atoms with E-state index in [1.807, 2.05) is 18.2 Å². The van der Waals surface area contributed by atoms with E-state index in [1.54, 1.807) is 18.2 Å². The number of benzene rings is 2. The van der Waals surface area contributed by atoms with E-state index < -0.39 is 11.1 Å². The van der Waals surface area contributed by atoms with Gasteiger partial charge in [-0.1, -0.05) is 28.1 Å². The van der Waals surface area contributed by atoms with Crippen LogP contribution in [-0.2, 0) is 11.1 Å². The molecule has 2 rings (SSSR count). The quantitative estimate of drug-likeness (QED) is 0.747. The highest BCUT2D eigenvalue weighted by molar-refractivity contribution is 9.10. The molecule has 4 heteroatoms. The van der Waals surface area contributed by atoms with Gasteiger partial charge in [0.1, 0.15) is 0 Å². The first-order valence-electron chi connectivity index (χ1n) is 3.95. The minimum atomic E-state index is -2.16. The summed E-state index contributed by atoms with van der Waals surface area (Å²) in [6.45, 7) is 0. The summed E-state index contributed by atoms with van der Waals surface area (Å²) in [6, 6.07) is 10.8. The Morgan fingerprint density at radius 2 is 1.79 bits per heavy atom. The standard InChI is InChI=1S/C10H7BrO2S/c11-9-3-1-7-2-4-10(14(12)13)6-8(7)5-9/h1-6H,(H,12,13)/p-1. The molecule has 0 aliphatic carbocycles. The second kappa shape index (κ2) is 3.81. The van der Waals surface area contributed by atoms with Crippen LogP contribution in [0.3, 0.4) is 0 Å². The van der Waals surface area contributed by atoms with Crippen LogP contribution < -0.4 is 0 Å². The summed E-state index contributed by atoms with van der Waals surface area (Å²) in [5.41, 5.74) is 0. The van der Waals surface area contributed by atoms with Gasteiger partial charge in [0.05, 0.1) is 0 Å². The smallest absolute Gasteiger partial charge is 0.0255 e. The molecule has 0 fully saturated rings. The summed E-state index contributed by atoms with van der Waals surface area (Å²) in [6.07, 6.45) is 0. The zero-order valence-corrected chi connectivity index (χ0v) is 9.47. The van der Waals surface area contributed by atoms with E-state index in [0.29, 0.717) is 4.90 Å². The average Bonchev–Trinajstić information content (AvgIpc) is 2.16. The predicted molar refractivity (Wildman–Crippen MR) is 58.8 cm³/mol. The Labute approximate surface area is 92.4 Å². The Kier molecular flexibility index (Phi) is 2.67. The molecule has 0 radical (unpaired) electrons. The number of rotatable bonds is 1. The molecular formula is C10H6BrO2S-. The number of hydrogen-bond donors (Lipinski definition) is 0. The van der Waals surface area contributed by atoms with E-state index in [1.165, 1.54) is 0 Å². The third kappa shape index (κ3) is 1.87. The maximum Gasteiger partial charge on any atom is 0.0255 e. The Hall–Kier alpha value is -0.710. The molecule has 72 valence electrons. The van der Waals surface area contributed by atoms with E-state index >= 15 is 0 Å². The number of hydrogen-bond acceptors (Lipinski definition) is 2. The maximum atomic E-state index is 10.7. The van der Waals surface area contributed by atoms with Crippen molar-refractivity contribution in [1.29, 1.82) is 0 Å². The van der Waals surface area contributed by atoms with Gasteiger partial charge in [-0.15, -0.1) is 0 Å². The second-order valence-corrected chi connectivity index (χ2v) is 4.74. The lowest BCUT2D eigenvalue weighted by Gasteiger charge is -2.06. The SMILES string of the molecule is O=S([O-])c1ccc2ccc(Br)cc2c1. The van der Waals surface area contributed by atoms with Gasteiger partial charge in [-0.05, 0) is 46.1 Å². The van der Waals surface area contributed by atoms with Crippen LogP contribution in [0, 0.1) is 0 Å². The van der Waals surface area contributed by atoms with Gasteiger partial charge >= 0.3 is 0 Å². The monoisotopic (exact) mass is 269 g/mol. The molecule has 0 aliphatic heterocycles. The Balaban J connectivity index is 2.69. The molecule has 0 bridgehead atoms. The highest BCUT2D eigenvalue weighted by atomic mass is 79.9. The van der Waals surface area contributed by atoms with Crippen molar-refractivity contribution in [3.63, 3.8) is 0 Å². The molecule has 1 atom stereocenters. The molecule has 0 heterocycles. The molecule has 2 nitrogen and oxygen atoms in total. The van der Waals surface area contributed by atoms with E-state index in [2.05, 4.69) is 15.9 Å². The van der Waals surface area contributed by atoms with E-state index in [-0.39, 0.29) is 0 Å². The Morgan fingerprint density at radius 3 is 2.50 bits per heavy atom. The molecule has 0 N–H and O–H groups in total. The van der Waals surface area contributed by atoms with Crippen LogP contribution in [0.4, 0.5) is 0 Å². The van der Waals surface area contributed by atoms with Gasteiger partial charge in [0.25, 0.3) is 0 Å². The van der Waals surface area contributed by atoms with E-state index in [4.69, 9.17) is 0 Å². The average molecular weight is 270 g/mol. The summed E-state index contributed by atoms with van der Waals surface area (Å²) in [7, 11) is 0. The predicted octanol–water partition coefficient (Wildman–Crippen LogP) is 2.84. The highest BCUT2D eigenvalue weighted by Gasteiger charge is 1.97. The lowest BCUT2D eigenvalue weighted by atomic mass is 10.1. The largest absolute Gasteiger partial charge is 0.768 e. The van der Waals surface area contributed by atoms with Gasteiger partial charge in [-0.2, -0.15) is 0 Å². The van der Waals surface area contributed by atoms with Crippen LogP contribution in [0.15, 0.2) is 45.8 Å². The van der Waals surface area contributed by atoms with Crippen LogP contribution in [-0.4, -0.2) is 8.76 Å². The molecule has 1 unspecified atom stereocenters. The number of halogens is 1. The summed E-state index contributed by atoms with van der Waals surface area (Å²) in [4.78, 5) is 0.315. The van der Waals surface area contributed by atoms with Gasteiger partial charge in [-0.3, -0.25) is 4.21 Å². The van der Waals surface area contributed by atoms with Crippen molar-refractivity contribution in [1.82, 2.24) is 0 Å². The van der Waals surface area contributed by atoms with Crippen molar-refractivity contribution in [2.45, 2.75) is 4.90 Å². The molecule has 0 spiro atoms. The van der Waals surface area contributed by atoms with Gasteiger partial charge in [-0.25, -0.2) is 0 Å². The lowest BCUT2D eigenvalue weighted by Crippen LogP contribution is -1.87. The third-order valence-corrected chi connectivity index (χ3v) is 3.10. The molecule has 2 aromatic rings. The highest BCUT2D eigenvalue weighted by Crippen LogP contribution is 2.21. The molecular weight excluding hydrogens is 264 g/mol. The first-order chi connectivity index (χ1) is 6.66. The first-order valence-corrected chi connectivity index (χ1v) is 5.82. The van der Waals surface area contributed by atoms with Gasteiger partial charge in [0, 0.05) is 9.37 Å². The van der Waals surface area contributed by atoms with Crippen molar-refractivity contribution < 1.29 is 8.76 Å². The van der Waals surface area contributed by atoms with Gasteiger partial charge in [0.2, 0.25) is 0 Å². The molecule has 0 saturated carbocycles. The van der Waals surface area contributed by atoms with Crippen molar-refractivity contribution in [2.24, 2.45) is 0 Å². The van der Waals surface area contributed by atoms with Crippen molar-refractivity contribution in [3.05, 3.63) is 40.9 Å². The maximum absolute atomic E-state index is 10.7. The molecule has 0 amide bonds. The minimum Gasteiger partial charge on any atom is -0.768 e. The van der Waals surface area contributed by atoms with Crippen LogP contribution in [0.5, 0.6) is 0 Å². The Morgan fingerprint density at radius 1 is 1.07 bits per heavy atom. The van der Waals surface area contributed by atoms with Crippen molar-refractivity contribution in [2.75, 3.05) is 0 Å². The molecule has 0 aromatic heterocycles. The van der Waals surface area contributed by atoms with Gasteiger partial charge in [0.15, 0.2) is 0 Å². The lowest BCUT2D eigenvalue weighted by molar-refractivity contribution is 0.537. The van der Waals surface area contributed by atoms with Crippen LogP contribution in [0.25, 0.3) is 10.8 Å². The van der Waals surface area contributed by atoms with Gasteiger partial charge < -0.3 is 4.55 Å². The summed E-state index contributed by atoms with van der Waals surface area (Å²) in [5.74, 6) is 0. The van der Waals surface area contributed by atoms with E-state index in [9.17, 15) is 8.76 Å². The molecule has 2 aromatic carbocycles. The summed E-state index contributed by atoms with van der Waals surface area (Å²) in [5, 5.41) is 1.95. The van der Waals surface area contributed by atoms with E-state index in [0.717, 1.165) is 15.2 Å². The van der Waals surface area contributed by atoms with Crippen LogP contribution in [0.1, 0.15) is 0 Å². The topological polar surface area (TPSA) is 40.1 Å². The summed E-state index contributed by atoms with van der Waals surface area (Å²) >= 11 is 1.18. The minimum absolute atomic E-state index is 0.315. The van der Waals surface area contributed by atoms with Crippen LogP contribution in [0.2, 0.25) is 0 Å². The first kappa shape index (κ1) is 9.83. The Bertz CT molecular complexity index is 510. The third-order valence-electron chi connectivity index (χ3n) is 1.97.